The maximum Gasteiger partial charge on any atom is 0.222 e. The van der Waals surface area contributed by atoms with Crippen LogP contribution in [0.1, 0.15) is 58.8 Å². The van der Waals surface area contributed by atoms with E-state index in [2.05, 4.69) is 39.3 Å². The lowest BCUT2D eigenvalue weighted by atomic mass is 10.1. The van der Waals surface area contributed by atoms with Crippen LogP contribution < -0.4 is 10.6 Å². The fourth-order valence-electron chi connectivity index (χ4n) is 4.00. The van der Waals surface area contributed by atoms with Crippen LogP contribution in [0.4, 0.5) is 0 Å². The lowest BCUT2D eigenvalue weighted by Crippen LogP contribution is -2.49. The first-order valence-corrected chi connectivity index (χ1v) is 10.2. The quantitative estimate of drug-likeness (QED) is 0.319. The molecule has 26 heavy (non-hydrogen) atoms. The summed E-state index contributed by atoms with van der Waals surface area (Å²) in [5.74, 6) is 1.23. The highest BCUT2D eigenvalue weighted by Crippen LogP contribution is 2.17. The number of aliphatic imine (C=N–C) groups is 1. The van der Waals surface area contributed by atoms with Crippen molar-refractivity contribution in [1.82, 2.24) is 20.4 Å². The Morgan fingerprint density at radius 2 is 2.00 bits per heavy atom. The Morgan fingerprint density at radius 1 is 1.27 bits per heavy atom. The molecule has 1 unspecified atom stereocenters. The minimum atomic E-state index is 0. The Labute approximate surface area is 176 Å². The van der Waals surface area contributed by atoms with E-state index in [1.165, 1.54) is 38.9 Å². The first kappa shape index (κ1) is 23.5. The van der Waals surface area contributed by atoms with Crippen LogP contribution in [-0.4, -0.2) is 73.5 Å². The highest BCUT2D eigenvalue weighted by atomic mass is 127. The second-order valence-electron chi connectivity index (χ2n) is 7.30. The summed E-state index contributed by atoms with van der Waals surface area (Å²) in [6.07, 6.45) is 7.35. The standard InChI is InChI=1S/C19H37N5O.HI/c1-4-12-23-14-9-16(10-15-23)22-19(20-3)21-11-8-17(5-2)24-13-6-7-18(24)25;/h16-17H,4-15H2,1-3H3,(H2,20,21,22);1H. The normalized spacial score (nSPS) is 20.8. The van der Waals surface area contributed by atoms with Gasteiger partial charge in [-0.3, -0.25) is 9.79 Å². The largest absolute Gasteiger partial charge is 0.356 e. The molecular weight excluding hydrogens is 441 g/mol. The molecule has 0 radical (unpaired) electrons. The third-order valence-corrected chi connectivity index (χ3v) is 5.48. The molecule has 2 aliphatic heterocycles. The van der Waals surface area contributed by atoms with Gasteiger partial charge in [-0.25, -0.2) is 0 Å². The van der Waals surface area contributed by atoms with E-state index >= 15 is 0 Å². The molecule has 2 rings (SSSR count). The Balaban J connectivity index is 0.00000338. The van der Waals surface area contributed by atoms with Gasteiger partial charge in [-0.2, -0.15) is 0 Å². The van der Waals surface area contributed by atoms with Crippen molar-refractivity contribution in [2.24, 2.45) is 4.99 Å². The lowest BCUT2D eigenvalue weighted by Gasteiger charge is -2.33. The smallest absolute Gasteiger partial charge is 0.222 e. The van der Waals surface area contributed by atoms with Crippen molar-refractivity contribution in [2.75, 3.05) is 39.8 Å². The molecule has 2 N–H and O–H groups in total. The van der Waals surface area contributed by atoms with E-state index in [9.17, 15) is 4.79 Å². The summed E-state index contributed by atoms with van der Waals surface area (Å²) in [4.78, 5) is 20.9. The minimum absolute atomic E-state index is 0. The summed E-state index contributed by atoms with van der Waals surface area (Å²) in [5.41, 5.74) is 0. The summed E-state index contributed by atoms with van der Waals surface area (Å²) < 4.78 is 0. The van der Waals surface area contributed by atoms with E-state index < -0.39 is 0 Å². The van der Waals surface area contributed by atoms with Gasteiger partial charge in [-0.1, -0.05) is 13.8 Å². The van der Waals surface area contributed by atoms with Crippen LogP contribution in [0, 0.1) is 0 Å². The molecular formula is C19H38IN5O. The predicted molar refractivity (Wildman–Crippen MR) is 119 cm³/mol. The molecule has 0 spiro atoms. The number of guanidine groups is 1. The van der Waals surface area contributed by atoms with E-state index in [0.29, 0.717) is 18.0 Å². The molecule has 7 heteroatoms. The second-order valence-corrected chi connectivity index (χ2v) is 7.30. The van der Waals surface area contributed by atoms with Gasteiger partial charge < -0.3 is 20.4 Å². The van der Waals surface area contributed by atoms with Gasteiger partial charge in [0.2, 0.25) is 5.91 Å². The topological polar surface area (TPSA) is 60.0 Å². The van der Waals surface area contributed by atoms with Gasteiger partial charge in [0.05, 0.1) is 0 Å². The summed E-state index contributed by atoms with van der Waals surface area (Å²) >= 11 is 0. The van der Waals surface area contributed by atoms with Gasteiger partial charge in [0, 0.05) is 51.7 Å². The zero-order valence-electron chi connectivity index (χ0n) is 16.8. The number of rotatable bonds is 8. The average Bonchev–Trinajstić information content (AvgIpc) is 3.05. The molecule has 0 aromatic heterocycles. The van der Waals surface area contributed by atoms with Crippen molar-refractivity contribution < 1.29 is 4.79 Å². The van der Waals surface area contributed by atoms with Crippen molar-refractivity contribution in [1.29, 1.82) is 0 Å². The van der Waals surface area contributed by atoms with Crippen molar-refractivity contribution in [3.8, 4) is 0 Å². The number of hydrogen-bond donors (Lipinski definition) is 2. The van der Waals surface area contributed by atoms with Crippen molar-refractivity contribution in [2.45, 2.75) is 70.9 Å². The Hall–Kier alpha value is -0.570. The Kier molecular flexibility index (Phi) is 11.5. The van der Waals surface area contributed by atoms with E-state index in [1.807, 2.05) is 7.05 Å². The first-order chi connectivity index (χ1) is 12.2. The summed E-state index contributed by atoms with van der Waals surface area (Å²) in [6.45, 7) is 9.78. The van der Waals surface area contributed by atoms with Crippen LogP contribution in [0.25, 0.3) is 0 Å². The van der Waals surface area contributed by atoms with Gasteiger partial charge in [-0.05, 0) is 45.1 Å². The van der Waals surface area contributed by atoms with E-state index in [1.54, 1.807) is 0 Å². The number of hydrogen-bond acceptors (Lipinski definition) is 3. The van der Waals surface area contributed by atoms with Crippen LogP contribution in [0.5, 0.6) is 0 Å². The second kappa shape index (κ2) is 12.8. The van der Waals surface area contributed by atoms with Crippen LogP contribution in [0.2, 0.25) is 0 Å². The monoisotopic (exact) mass is 479 g/mol. The van der Waals surface area contributed by atoms with Crippen LogP contribution >= 0.6 is 24.0 Å². The number of halogens is 1. The molecule has 0 saturated carbocycles. The molecule has 2 heterocycles. The molecule has 152 valence electrons. The zero-order chi connectivity index (χ0) is 18.1. The zero-order valence-corrected chi connectivity index (χ0v) is 19.1. The molecule has 1 atom stereocenters. The number of amides is 1. The minimum Gasteiger partial charge on any atom is -0.356 e. The fourth-order valence-corrected chi connectivity index (χ4v) is 4.00. The molecule has 2 saturated heterocycles. The van der Waals surface area contributed by atoms with Gasteiger partial charge in [0.15, 0.2) is 5.96 Å². The Bertz CT molecular complexity index is 438. The van der Waals surface area contributed by atoms with Gasteiger partial charge >= 0.3 is 0 Å². The fraction of sp³-hybridized carbons (Fsp3) is 0.895. The molecule has 2 aliphatic rings. The van der Waals surface area contributed by atoms with E-state index in [4.69, 9.17) is 0 Å². The van der Waals surface area contributed by atoms with Crippen molar-refractivity contribution in [3.63, 3.8) is 0 Å². The average molecular weight is 479 g/mol. The molecule has 0 aromatic carbocycles. The molecule has 0 bridgehead atoms. The summed E-state index contributed by atoms with van der Waals surface area (Å²) in [5, 5.41) is 7.01. The highest BCUT2D eigenvalue weighted by molar-refractivity contribution is 14.0. The maximum absolute atomic E-state index is 11.9. The number of nitrogens with one attached hydrogen (secondary N) is 2. The van der Waals surface area contributed by atoms with E-state index in [-0.39, 0.29) is 24.0 Å². The number of piperidine rings is 1. The molecule has 0 aromatic rings. The SMILES string of the molecule is CCCN1CCC(NC(=NC)NCCC(CC)N2CCCC2=O)CC1.I. The lowest BCUT2D eigenvalue weighted by molar-refractivity contribution is -0.129. The summed E-state index contributed by atoms with van der Waals surface area (Å²) in [7, 11) is 1.84. The molecule has 0 aliphatic carbocycles. The summed E-state index contributed by atoms with van der Waals surface area (Å²) in [6, 6.07) is 0.874. The van der Waals surface area contributed by atoms with Gasteiger partial charge in [0.1, 0.15) is 0 Å². The third-order valence-electron chi connectivity index (χ3n) is 5.48. The van der Waals surface area contributed by atoms with E-state index in [0.717, 1.165) is 44.7 Å². The maximum atomic E-state index is 11.9. The molecule has 6 nitrogen and oxygen atoms in total. The number of carbonyl (C=O) groups is 1. The van der Waals surface area contributed by atoms with Crippen molar-refractivity contribution >= 4 is 35.8 Å². The van der Waals surface area contributed by atoms with Crippen LogP contribution in [0.15, 0.2) is 4.99 Å². The van der Waals surface area contributed by atoms with Crippen molar-refractivity contribution in [3.05, 3.63) is 0 Å². The van der Waals surface area contributed by atoms with Crippen LogP contribution in [-0.2, 0) is 4.79 Å². The third kappa shape index (κ3) is 7.21. The van der Waals surface area contributed by atoms with Gasteiger partial charge in [-0.15, -0.1) is 24.0 Å². The highest BCUT2D eigenvalue weighted by Gasteiger charge is 2.26. The molecule has 1 amide bonds. The number of nitrogens with zero attached hydrogens (tertiary/aromatic N) is 3. The van der Waals surface area contributed by atoms with Crippen LogP contribution in [0.3, 0.4) is 0 Å². The molecule has 2 fully saturated rings. The predicted octanol–water partition coefficient (Wildman–Crippen LogP) is 2.43. The Morgan fingerprint density at radius 3 is 2.54 bits per heavy atom. The first-order valence-electron chi connectivity index (χ1n) is 10.2. The number of likely N-dealkylation sites (tertiary alicyclic amines) is 2. The van der Waals surface area contributed by atoms with Gasteiger partial charge in [0.25, 0.3) is 0 Å². The number of carbonyl (C=O) groups excluding carboxylic acids is 1.